The van der Waals surface area contributed by atoms with Gasteiger partial charge < -0.3 is 41.8 Å². The number of carboxylic acid groups (broad SMARTS) is 3. The lowest BCUT2D eigenvalue weighted by molar-refractivity contribution is -0.141. The summed E-state index contributed by atoms with van der Waals surface area (Å²) in [6.07, 6.45) is -2.09. The third-order valence-electron chi connectivity index (χ3n) is 4.14. The lowest BCUT2D eigenvalue weighted by Gasteiger charge is -2.26. The molecule has 0 aromatic rings. The highest BCUT2D eigenvalue weighted by atomic mass is 16.4. The molecule has 0 unspecified atom stereocenters. The van der Waals surface area contributed by atoms with Crippen LogP contribution < -0.4 is 21.7 Å². The normalized spacial score (nSPS) is 14.4. The van der Waals surface area contributed by atoms with E-state index < -0.39 is 85.0 Å². The molecule has 0 spiro atoms. The fraction of sp³-hybridized carbons (Fsp3) is 0.611. The molecule has 0 rings (SSSR count). The van der Waals surface area contributed by atoms with Crippen molar-refractivity contribution in [3.05, 3.63) is 0 Å². The molecule has 14 heteroatoms. The molecule has 0 aliphatic rings. The standard InChI is InChI=1S/C18H28N4O10/c1-8(2)15(18(32)20-9(7-23)5-13(26)27)22-17(31)11(3-4-12(24)25)21-16(30)10(19)6-14(28)29/h7-11,15H,3-6,19H2,1-2H3,(H,20,32)(H,21,30)(H,22,31)(H,24,25)(H,26,27)(H,28,29)/t9-,10-,11-,15-/m0/s1. The van der Waals surface area contributed by atoms with E-state index in [2.05, 4.69) is 16.0 Å². The van der Waals surface area contributed by atoms with E-state index in [9.17, 15) is 33.6 Å². The Kier molecular flexibility index (Phi) is 12.2. The maximum absolute atomic E-state index is 12.7. The maximum atomic E-state index is 12.7. The molecule has 0 saturated heterocycles. The van der Waals surface area contributed by atoms with Gasteiger partial charge in [-0.3, -0.25) is 28.8 Å². The average molecular weight is 460 g/mol. The molecule has 180 valence electrons. The molecule has 0 heterocycles. The van der Waals surface area contributed by atoms with E-state index in [0.717, 1.165) is 0 Å². The van der Waals surface area contributed by atoms with Gasteiger partial charge in [0.1, 0.15) is 18.4 Å². The van der Waals surface area contributed by atoms with Gasteiger partial charge in [0.15, 0.2) is 0 Å². The first-order valence-corrected chi connectivity index (χ1v) is 9.55. The highest BCUT2D eigenvalue weighted by Crippen LogP contribution is 2.06. The topological polar surface area (TPSA) is 242 Å². The van der Waals surface area contributed by atoms with Crippen LogP contribution in [0, 0.1) is 5.92 Å². The smallest absolute Gasteiger partial charge is 0.305 e. The highest BCUT2D eigenvalue weighted by Gasteiger charge is 2.31. The Morgan fingerprint density at radius 3 is 1.81 bits per heavy atom. The van der Waals surface area contributed by atoms with E-state index in [-0.39, 0.29) is 12.7 Å². The molecule has 0 saturated carbocycles. The molecule has 0 aromatic carbocycles. The van der Waals surface area contributed by atoms with Crippen molar-refractivity contribution in [1.29, 1.82) is 0 Å². The Bertz CT molecular complexity index is 739. The van der Waals surface area contributed by atoms with Gasteiger partial charge in [0.2, 0.25) is 17.7 Å². The van der Waals surface area contributed by atoms with Crippen molar-refractivity contribution in [1.82, 2.24) is 16.0 Å². The van der Waals surface area contributed by atoms with Crippen LogP contribution in [0.4, 0.5) is 0 Å². The highest BCUT2D eigenvalue weighted by molar-refractivity contribution is 5.94. The van der Waals surface area contributed by atoms with E-state index in [1.807, 2.05) is 0 Å². The summed E-state index contributed by atoms with van der Waals surface area (Å²) in [5, 5.41) is 33.0. The van der Waals surface area contributed by atoms with Crippen molar-refractivity contribution >= 4 is 41.9 Å². The molecule has 0 bridgehead atoms. The third kappa shape index (κ3) is 11.0. The zero-order chi connectivity index (χ0) is 25.0. The van der Waals surface area contributed by atoms with Crippen LogP contribution in [0.2, 0.25) is 0 Å². The molecule has 8 N–H and O–H groups in total. The summed E-state index contributed by atoms with van der Waals surface area (Å²) in [5.74, 6) is -7.32. The molecule has 0 radical (unpaired) electrons. The second kappa shape index (κ2) is 13.7. The fourth-order valence-electron chi connectivity index (χ4n) is 2.48. The van der Waals surface area contributed by atoms with E-state index >= 15 is 0 Å². The predicted octanol–water partition coefficient (Wildman–Crippen LogP) is -2.56. The summed E-state index contributed by atoms with van der Waals surface area (Å²) in [7, 11) is 0. The number of hydrogen-bond acceptors (Lipinski definition) is 8. The number of carboxylic acids is 3. The largest absolute Gasteiger partial charge is 0.481 e. The van der Waals surface area contributed by atoms with Gasteiger partial charge in [0, 0.05) is 6.42 Å². The fourth-order valence-corrected chi connectivity index (χ4v) is 2.48. The minimum Gasteiger partial charge on any atom is -0.481 e. The number of rotatable bonds is 15. The number of aliphatic carboxylic acids is 3. The minimum atomic E-state index is -1.50. The number of aldehydes is 1. The Hall–Kier alpha value is -3.55. The van der Waals surface area contributed by atoms with Crippen molar-refractivity contribution in [2.45, 2.75) is 63.7 Å². The quantitative estimate of drug-likeness (QED) is 0.125. The summed E-state index contributed by atoms with van der Waals surface area (Å²) in [4.78, 5) is 80.5. The van der Waals surface area contributed by atoms with Gasteiger partial charge in [0.25, 0.3) is 0 Å². The van der Waals surface area contributed by atoms with E-state index in [1.165, 1.54) is 0 Å². The van der Waals surface area contributed by atoms with Crippen LogP contribution in [-0.2, 0) is 33.6 Å². The molecular formula is C18H28N4O10. The lowest BCUT2D eigenvalue weighted by atomic mass is 10.0. The molecule has 14 nitrogen and oxygen atoms in total. The van der Waals surface area contributed by atoms with Crippen molar-refractivity contribution in [3.8, 4) is 0 Å². The molecule has 0 aliphatic heterocycles. The first-order chi connectivity index (χ1) is 14.8. The summed E-state index contributed by atoms with van der Waals surface area (Å²) < 4.78 is 0. The van der Waals surface area contributed by atoms with Crippen LogP contribution in [-0.4, -0.2) is 81.4 Å². The van der Waals surface area contributed by atoms with E-state index in [1.54, 1.807) is 13.8 Å². The maximum Gasteiger partial charge on any atom is 0.305 e. The number of nitrogens with one attached hydrogen (secondary N) is 3. The summed E-state index contributed by atoms with van der Waals surface area (Å²) >= 11 is 0. The molecular weight excluding hydrogens is 432 g/mol. The van der Waals surface area contributed by atoms with Crippen LogP contribution in [0.15, 0.2) is 0 Å². The zero-order valence-corrected chi connectivity index (χ0v) is 17.6. The lowest BCUT2D eigenvalue weighted by Crippen LogP contribution is -2.58. The summed E-state index contributed by atoms with van der Waals surface area (Å²) in [6, 6.07) is -5.54. The van der Waals surface area contributed by atoms with E-state index in [0.29, 0.717) is 0 Å². The number of amides is 3. The van der Waals surface area contributed by atoms with Crippen LogP contribution in [0.1, 0.15) is 39.5 Å². The van der Waals surface area contributed by atoms with Gasteiger partial charge in [-0.25, -0.2) is 0 Å². The zero-order valence-electron chi connectivity index (χ0n) is 17.6. The van der Waals surface area contributed by atoms with Crippen LogP contribution in [0.5, 0.6) is 0 Å². The van der Waals surface area contributed by atoms with E-state index in [4.69, 9.17) is 21.1 Å². The number of carbonyl (C=O) groups is 7. The molecule has 0 fully saturated rings. The molecule has 0 aliphatic carbocycles. The third-order valence-corrected chi connectivity index (χ3v) is 4.14. The number of nitrogens with two attached hydrogens (primary N) is 1. The van der Waals surface area contributed by atoms with Gasteiger partial charge in [-0.15, -0.1) is 0 Å². The van der Waals surface area contributed by atoms with Crippen molar-refractivity contribution in [2.75, 3.05) is 0 Å². The monoisotopic (exact) mass is 460 g/mol. The summed E-state index contributed by atoms with van der Waals surface area (Å²) in [6.45, 7) is 3.09. The molecule has 4 atom stereocenters. The average Bonchev–Trinajstić information content (AvgIpc) is 2.66. The van der Waals surface area contributed by atoms with Crippen molar-refractivity contribution < 1.29 is 48.9 Å². The second-order valence-corrected chi connectivity index (χ2v) is 7.28. The van der Waals surface area contributed by atoms with Crippen molar-refractivity contribution in [3.63, 3.8) is 0 Å². The Balaban J connectivity index is 5.42. The first kappa shape index (κ1) is 28.5. The van der Waals surface area contributed by atoms with Crippen LogP contribution >= 0.6 is 0 Å². The minimum absolute atomic E-state index is 0.227. The Labute approximate surface area is 182 Å². The SMILES string of the molecule is CC(C)[C@H](NC(=O)[C@H](CCC(=O)O)NC(=O)[C@@H](N)CC(=O)O)C(=O)N[C@H](C=O)CC(=O)O. The molecule has 32 heavy (non-hydrogen) atoms. The number of hydrogen-bond donors (Lipinski definition) is 7. The predicted molar refractivity (Wildman–Crippen MR) is 106 cm³/mol. The van der Waals surface area contributed by atoms with Crippen molar-refractivity contribution in [2.24, 2.45) is 11.7 Å². The van der Waals surface area contributed by atoms with Crippen LogP contribution in [0.3, 0.4) is 0 Å². The Morgan fingerprint density at radius 1 is 0.812 bits per heavy atom. The molecule has 0 aromatic heterocycles. The summed E-state index contributed by atoms with van der Waals surface area (Å²) in [5.41, 5.74) is 5.44. The second-order valence-electron chi connectivity index (χ2n) is 7.28. The first-order valence-electron chi connectivity index (χ1n) is 9.55. The Morgan fingerprint density at radius 2 is 1.38 bits per heavy atom. The number of carbonyl (C=O) groups excluding carboxylic acids is 4. The van der Waals surface area contributed by atoms with Gasteiger partial charge in [-0.05, 0) is 12.3 Å². The van der Waals surface area contributed by atoms with Gasteiger partial charge in [-0.2, -0.15) is 0 Å². The van der Waals surface area contributed by atoms with Gasteiger partial charge in [-0.1, -0.05) is 13.8 Å². The molecule has 3 amide bonds. The van der Waals surface area contributed by atoms with Gasteiger partial charge >= 0.3 is 17.9 Å². The van der Waals surface area contributed by atoms with Crippen LogP contribution in [0.25, 0.3) is 0 Å². The van der Waals surface area contributed by atoms with Gasteiger partial charge in [0.05, 0.1) is 24.9 Å².